The summed E-state index contributed by atoms with van der Waals surface area (Å²) in [6.45, 7) is 0.321. The van der Waals surface area contributed by atoms with E-state index in [4.69, 9.17) is 22.4 Å². The average Bonchev–Trinajstić information content (AvgIpc) is 2.42. The lowest BCUT2D eigenvalue weighted by molar-refractivity contribution is -0.129. The van der Waals surface area contributed by atoms with Crippen molar-refractivity contribution >= 4 is 20.5 Å². The van der Waals surface area contributed by atoms with Gasteiger partial charge in [-0.2, -0.15) is 12.6 Å². The zero-order valence-electron chi connectivity index (χ0n) is 5.93. The Labute approximate surface area is 71.9 Å². The van der Waals surface area contributed by atoms with Gasteiger partial charge < -0.3 is 14.6 Å². The smallest absolute Gasteiger partial charge is 0.128 e. The van der Waals surface area contributed by atoms with Crippen LogP contribution in [0.2, 0.25) is 0 Å². The van der Waals surface area contributed by atoms with Crippen molar-refractivity contribution in [2.75, 3.05) is 13.2 Å². The van der Waals surface area contributed by atoms with Crippen molar-refractivity contribution in [3.63, 3.8) is 0 Å². The van der Waals surface area contributed by atoms with E-state index in [9.17, 15) is 0 Å². The fraction of sp³-hybridized carbons (Fsp3) is 1.00. The van der Waals surface area contributed by atoms with Crippen molar-refractivity contribution in [3.8, 4) is 0 Å². The predicted octanol–water partition coefficient (Wildman–Crippen LogP) is -1.06. The molecule has 60 valence electrons. The standard InChI is InChI=1S/C6H9BO3S/c7-5-3-4(11)6(1-8,10-5)2-9-3/h3-5,8,11H,1-2H2/t3?,4?,5-,6+/m1/s1. The van der Waals surface area contributed by atoms with E-state index in [2.05, 4.69) is 12.6 Å². The van der Waals surface area contributed by atoms with E-state index < -0.39 is 11.6 Å². The van der Waals surface area contributed by atoms with Gasteiger partial charge in [0, 0.05) is 6.00 Å². The number of hydrogen-bond donors (Lipinski definition) is 2. The Bertz CT molecular complexity index is 179. The lowest BCUT2D eigenvalue weighted by Crippen LogP contribution is -2.42. The maximum atomic E-state index is 9.02. The van der Waals surface area contributed by atoms with Crippen LogP contribution in [0, 0.1) is 0 Å². The number of fused-ring (bicyclic) bond motifs is 2. The Hall–Kier alpha value is 0.295. The van der Waals surface area contributed by atoms with Crippen molar-refractivity contribution < 1.29 is 14.6 Å². The normalized spacial score (nSPS) is 55.3. The Morgan fingerprint density at radius 1 is 1.73 bits per heavy atom. The summed E-state index contributed by atoms with van der Waals surface area (Å²) >= 11 is 4.28. The Balaban J connectivity index is 2.24. The first kappa shape index (κ1) is 7.92. The number of aliphatic hydroxyl groups is 1. The molecule has 4 atom stereocenters. The number of aliphatic hydroxyl groups excluding tert-OH is 1. The molecule has 2 bridgehead atoms. The molecule has 3 nitrogen and oxygen atoms in total. The van der Waals surface area contributed by atoms with Gasteiger partial charge in [-0.1, -0.05) is 0 Å². The minimum atomic E-state index is -0.646. The zero-order valence-corrected chi connectivity index (χ0v) is 6.83. The largest absolute Gasteiger partial charge is 0.393 e. The van der Waals surface area contributed by atoms with Crippen molar-refractivity contribution in [1.82, 2.24) is 0 Å². The summed E-state index contributed by atoms with van der Waals surface area (Å²) in [4.78, 5) is 0. The maximum Gasteiger partial charge on any atom is 0.128 e. The molecule has 1 N–H and O–H groups in total. The van der Waals surface area contributed by atoms with Crippen LogP contribution in [0.1, 0.15) is 0 Å². The van der Waals surface area contributed by atoms with Gasteiger partial charge in [-0.3, -0.25) is 0 Å². The molecule has 2 heterocycles. The third-order valence-electron chi connectivity index (χ3n) is 2.33. The van der Waals surface area contributed by atoms with Gasteiger partial charge in [0.1, 0.15) is 13.4 Å². The molecule has 0 spiro atoms. The van der Waals surface area contributed by atoms with Gasteiger partial charge in [0.05, 0.1) is 24.6 Å². The molecule has 2 radical (unpaired) electrons. The van der Waals surface area contributed by atoms with E-state index in [0.717, 1.165) is 0 Å². The van der Waals surface area contributed by atoms with Crippen LogP contribution in [0.25, 0.3) is 0 Å². The van der Waals surface area contributed by atoms with Gasteiger partial charge in [-0.05, 0) is 0 Å². The van der Waals surface area contributed by atoms with Crippen LogP contribution in [0.5, 0.6) is 0 Å². The summed E-state index contributed by atoms with van der Waals surface area (Å²) < 4.78 is 10.6. The summed E-state index contributed by atoms with van der Waals surface area (Å²) in [6, 6.07) is -0.432. The van der Waals surface area contributed by atoms with E-state index in [0.29, 0.717) is 6.61 Å². The van der Waals surface area contributed by atoms with Gasteiger partial charge in [0.2, 0.25) is 0 Å². The molecule has 2 saturated heterocycles. The monoisotopic (exact) mass is 172 g/mol. The first-order valence-corrected chi connectivity index (χ1v) is 4.05. The summed E-state index contributed by atoms with van der Waals surface area (Å²) in [7, 11) is 5.56. The van der Waals surface area contributed by atoms with Crippen LogP contribution in [-0.2, 0) is 9.47 Å². The van der Waals surface area contributed by atoms with E-state index >= 15 is 0 Å². The average molecular weight is 172 g/mol. The fourth-order valence-electron chi connectivity index (χ4n) is 1.61. The second-order valence-corrected chi connectivity index (χ2v) is 3.58. The predicted molar refractivity (Wildman–Crippen MR) is 43.0 cm³/mol. The summed E-state index contributed by atoms with van der Waals surface area (Å²) in [5, 5.41) is 8.93. The lowest BCUT2D eigenvalue weighted by Gasteiger charge is -2.27. The van der Waals surface area contributed by atoms with Gasteiger partial charge in [-0.15, -0.1) is 0 Å². The van der Waals surface area contributed by atoms with Crippen molar-refractivity contribution in [2.24, 2.45) is 0 Å². The van der Waals surface area contributed by atoms with E-state index in [1.54, 1.807) is 0 Å². The summed E-state index contributed by atoms with van der Waals surface area (Å²) in [5.74, 6) is 0. The molecule has 2 aliphatic rings. The third kappa shape index (κ3) is 0.885. The second-order valence-electron chi connectivity index (χ2n) is 3.03. The quantitative estimate of drug-likeness (QED) is 0.391. The molecule has 2 fully saturated rings. The van der Waals surface area contributed by atoms with E-state index in [-0.39, 0.29) is 18.0 Å². The molecular formula is C6H9BO3S. The summed E-state index contributed by atoms with van der Waals surface area (Å²) in [5.41, 5.74) is -0.646. The minimum absolute atomic E-state index is 0.0780. The van der Waals surface area contributed by atoms with Crippen molar-refractivity contribution in [1.29, 1.82) is 0 Å². The molecule has 0 saturated carbocycles. The molecule has 0 aromatic carbocycles. The highest BCUT2D eigenvalue weighted by molar-refractivity contribution is 7.81. The highest BCUT2D eigenvalue weighted by atomic mass is 32.1. The Morgan fingerprint density at radius 3 is 2.73 bits per heavy atom. The SMILES string of the molecule is [B][C@@H]1O[C@@]2(CO)COC1C2S. The van der Waals surface area contributed by atoms with Gasteiger partial charge in [0.25, 0.3) is 0 Å². The highest BCUT2D eigenvalue weighted by Gasteiger charge is 2.57. The van der Waals surface area contributed by atoms with E-state index in [1.165, 1.54) is 0 Å². The van der Waals surface area contributed by atoms with Crippen LogP contribution in [0.15, 0.2) is 0 Å². The number of thiol groups is 1. The lowest BCUT2D eigenvalue weighted by atomic mass is 9.94. The van der Waals surface area contributed by atoms with Gasteiger partial charge in [0.15, 0.2) is 0 Å². The zero-order chi connectivity index (χ0) is 8.06. The van der Waals surface area contributed by atoms with Crippen LogP contribution in [0.4, 0.5) is 0 Å². The molecule has 0 aromatic rings. The molecule has 0 amide bonds. The molecule has 0 aromatic heterocycles. The molecule has 2 aliphatic heterocycles. The Kier molecular flexibility index (Phi) is 1.72. The van der Waals surface area contributed by atoms with Crippen LogP contribution >= 0.6 is 12.6 Å². The first-order valence-electron chi connectivity index (χ1n) is 3.53. The number of rotatable bonds is 1. The molecule has 0 aliphatic carbocycles. The van der Waals surface area contributed by atoms with Crippen LogP contribution in [-0.4, -0.2) is 49.1 Å². The highest BCUT2D eigenvalue weighted by Crippen LogP contribution is 2.41. The number of hydrogen-bond acceptors (Lipinski definition) is 4. The maximum absolute atomic E-state index is 9.02. The van der Waals surface area contributed by atoms with Crippen molar-refractivity contribution in [3.05, 3.63) is 0 Å². The minimum Gasteiger partial charge on any atom is -0.393 e. The number of ether oxygens (including phenoxy) is 2. The Morgan fingerprint density at radius 2 is 2.45 bits per heavy atom. The third-order valence-corrected chi connectivity index (χ3v) is 3.10. The van der Waals surface area contributed by atoms with Crippen molar-refractivity contribution in [2.45, 2.75) is 23.0 Å². The molecule has 2 rings (SSSR count). The fourth-order valence-corrected chi connectivity index (χ4v) is 2.08. The van der Waals surface area contributed by atoms with Gasteiger partial charge >= 0.3 is 0 Å². The molecular weight excluding hydrogens is 163 g/mol. The second kappa shape index (κ2) is 2.39. The summed E-state index contributed by atoms with van der Waals surface area (Å²) in [6.07, 6.45) is -0.162. The van der Waals surface area contributed by atoms with E-state index in [1.807, 2.05) is 0 Å². The van der Waals surface area contributed by atoms with Gasteiger partial charge in [-0.25, -0.2) is 0 Å². The molecule has 2 unspecified atom stereocenters. The first-order chi connectivity index (χ1) is 5.19. The molecule has 11 heavy (non-hydrogen) atoms. The topological polar surface area (TPSA) is 38.7 Å². The van der Waals surface area contributed by atoms with Crippen LogP contribution < -0.4 is 0 Å². The van der Waals surface area contributed by atoms with Crippen LogP contribution in [0.3, 0.4) is 0 Å². The molecule has 5 heteroatoms.